The van der Waals surface area contributed by atoms with E-state index in [1.807, 2.05) is 11.4 Å². The minimum Gasteiger partial charge on any atom is -0.317 e. The maximum Gasteiger partial charge on any atom is 0.229 e. The van der Waals surface area contributed by atoms with Crippen molar-refractivity contribution in [3.05, 3.63) is 35.5 Å². The fraction of sp³-hybridized carbons (Fsp3) is 0.412. The molecule has 128 valence electrons. The molecule has 1 saturated heterocycles. The summed E-state index contributed by atoms with van der Waals surface area (Å²) < 4.78 is 13.3. The number of amides is 1. The van der Waals surface area contributed by atoms with Crippen molar-refractivity contribution in [2.75, 3.05) is 18.4 Å². The molecule has 2 aromatic rings. The number of halogens is 2. The monoisotopic (exact) mass is 367 g/mol. The summed E-state index contributed by atoms with van der Waals surface area (Å²) in [6, 6.07) is 6.33. The molecule has 1 aromatic carbocycles. The van der Waals surface area contributed by atoms with Crippen molar-refractivity contribution in [2.45, 2.75) is 19.3 Å². The summed E-state index contributed by atoms with van der Waals surface area (Å²) in [6.07, 6.45) is 3.15. The number of benzene rings is 1. The van der Waals surface area contributed by atoms with Crippen LogP contribution in [0, 0.1) is 17.2 Å². The van der Waals surface area contributed by atoms with Gasteiger partial charge in [-0.3, -0.25) is 4.79 Å². The Morgan fingerprint density at radius 3 is 2.92 bits per heavy atom. The number of hydrogen-bond acceptors (Lipinski definition) is 4. The molecule has 1 spiro atoms. The van der Waals surface area contributed by atoms with Crippen molar-refractivity contribution < 1.29 is 9.18 Å². The van der Waals surface area contributed by atoms with E-state index in [1.165, 1.54) is 23.5 Å². The molecule has 1 amide bonds. The number of rotatable bonds is 3. The Balaban J connectivity index is 0.00000169. The Bertz CT molecular complexity index is 745. The Hall–Kier alpha value is -1.50. The van der Waals surface area contributed by atoms with E-state index >= 15 is 0 Å². The zero-order valence-electron chi connectivity index (χ0n) is 13.0. The quantitative estimate of drug-likeness (QED) is 0.869. The first-order valence-corrected chi connectivity index (χ1v) is 8.77. The van der Waals surface area contributed by atoms with Gasteiger partial charge in [-0.15, -0.1) is 23.7 Å². The van der Waals surface area contributed by atoms with E-state index < -0.39 is 0 Å². The van der Waals surface area contributed by atoms with Gasteiger partial charge in [0, 0.05) is 16.9 Å². The predicted octanol–water partition coefficient (Wildman–Crippen LogP) is 3.70. The van der Waals surface area contributed by atoms with Gasteiger partial charge in [0.05, 0.1) is 5.69 Å². The molecular formula is C17H19ClFN3OS. The van der Waals surface area contributed by atoms with Gasteiger partial charge in [-0.05, 0) is 49.9 Å². The summed E-state index contributed by atoms with van der Waals surface area (Å²) in [6.45, 7) is 2.01. The van der Waals surface area contributed by atoms with Gasteiger partial charge >= 0.3 is 0 Å². The zero-order valence-corrected chi connectivity index (χ0v) is 14.7. The molecule has 1 aliphatic heterocycles. The van der Waals surface area contributed by atoms with Crippen LogP contribution in [0.5, 0.6) is 0 Å². The highest BCUT2D eigenvalue weighted by molar-refractivity contribution is 7.14. The Kier molecular flexibility index (Phi) is 4.90. The highest BCUT2D eigenvalue weighted by atomic mass is 35.5. The summed E-state index contributed by atoms with van der Waals surface area (Å²) in [4.78, 5) is 16.8. The summed E-state index contributed by atoms with van der Waals surface area (Å²) in [5.41, 5.74) is 1.64. The first kappa shape index (κ1) is 17.3. The second-order valence-corrected chi connectivity index (χ2v) is 7.26. The molecule has 2 N–H and O–H groups in total. The second-order valence-electron chi connectivity index (χ2n) is 6.41. The Morgan fingerprint density at radius 1 is 1.38 bits per heavy atom. The molecule has 4 nitrogen and oxygen atoms in total. The van der Waals surface area contributed by atoms with Crippen LogP contribution in [0.2, 0.25) is 0 Å². The van der Waals surface area contributed by atoms with Crippen molar-refractivity contribution in [1.82, 2.24) is 10.3 Å². The van der Waals surface area contributed by atoms with Crippen LogP contribution >= 0.6 is 23.7 Å². The van der Waals surface area contributed by atoms with Crippen LogP contribution < -0.4 is 10.6 Å². The molecule has 7 heteroatoms. The third kappa shape index (κ3) is 3.31. The molecular weight excluding hydrogens is 349 g/mol. The van der Waals surface area contributed by atoms with Crippen molar-refractivity contribution in [2.24, 2.45) is 11.3 Å². The van der Waals surface area contributed by atoms with Gasteiger partial charge in [0.2, 0.25) is 5.91 Å². The molecule has 24 heavy (non-hydrogen) atoms. The van der Waals surface area contributed by atoms with Crippen molar-refractivity contribution in [3.63, 3.8) is 0 Å². The van der Waals surface area contributed by atoms with Gasteiger partial charge in [-0.25, -0.2) is 9.37 Å². The number of thiazole rings is 1. The minimum atomic E-state index is -0.285. The van der Waals surface area contributed by atoms with Crippen LogP contribution in [0.25, 0.3) is 11.3 Å². The number of carbonyl (C=O) groups is 1. The van der Waals surface area contributed by atoms with Crippen LogP contribution in [-0.4, -0.2) is 24.0 Å². The van der Waals surface area contributed by atoms with Gasteiger partial charge in [0.15, 0.2) is 5.13 Å². The summed E-state index contributed by atoms with van der Waals surface area (Å²) in [5, 5.41) is 8.71. The van der Waals surface area contributed by atoms with E-state index in [-0.39, 0.29) is 35.5 Å². The molecule has 2 heterocycles. The van der Waals surface area contributed by atoms with Crippen LogP contribution in [0.15, 0.2) is 29.6 Å². The molecule has 1 saturated carbocycles. The lowest BCUT2D eigenvalue weighted by atomic mass is 9.92. The zero-order chi connectivity index (χ0) is 15.9. The van der Waals surface area contributed by atoms with E-state index in [0.29, 0.717) is 10.8 Å². The van der Waals surface area contributed by atoms with E-state index in [9.17, 15) is 9.18 Å². The van der Waals surface area contributed by atoms with Gasteiger partial charge in [-0.2, -0.15) is 0 Å². The smallest absolute Gasteiger partial charge is 0.229 e. The number of hydrogen-bond donors (Lipinski definition) is 2. The predicted molar refractivity (Wildman–Crippen MR) is 96.0 cm³/mol. The average Bonchev–Trinajstić information content (AvgIpc) is 3.04. The SMILES string of the molecule is Cl.O=C(Nc1nc(-c2cccc(F)c2)cs1)C1CC12CCNCC2. The number of nitrogens with zero attached hydrogens (tertiary/aromatic N) is 1. The number of anilines is 1. The lowest BCUT2D eigenvalue weighted by molar-refractivity contribution is -0.118. The topological polar surface area (TPSA) is 54.0 Å². The van der Waals surface area contributed by atoms with Gasteiger partial charge < -0.3 is 10.6 Å². The summed E-state index contributed by atoms with van der Waals surface area (Å²) >= 11 is 1.38. The molecule has 2 aliphatic rings. The van der Waals surface area contributed by atoms with E-state index in [0.717, 1.165) is 37.9 Å². The molecule has 2 fully saturated rings. The molecule has 1 atom stereocenters. The minimum absolute atomic E-state index is 0. The van der Waals surface area contributed by atoms with Crippen LogP contribution in [0.1, 0.15) is 19.3 Å². The highest BCUT2D eigenvalue weighted by Gasteiger charge is 2.57. The van der Waals surface area contributed by atoms with Gasteiger partial charge in [0.25, 0.3) is 0 Å². The number of aromatic nitrogens is 1. The maximum absolute atomic E-state index is 13.3. The van der Waals surface area contributed by atoms with Crippen LogP contribution in [0.4, 0.5) is 9.52 Å². The van der Waals surface area contributed by atoms with E-state index in [1.54, 1.807) is 6.07 Å². The first-order valence-electron chi connectivity index (χ1n) is 7.89. The lowest BCUT2D eigenvalue weighted by Gasteiger charge is -2.22. The molecule has 0 bridgehead atoms. The molecule has 4 rings (SSSR count). The third-order valence-electron chi connectivity index (χ3n) is 4.96. The van der Waals surface area contributed by atoms with Crippen LogP contribution in [0.3, 0.4) is 0 Å². The Labute approximate surface area is 150 Å². The normalized spacial score (nSPS) is 21.1. The maximum atomic E-state index is 13.3. The molecule has 1 aromatic heterocycles. The van der Waals surface area contributed by atoms with Crippen molar-refractivity contribution >= 4 is 34.8 Å². The van der Waals surface area contributed by atoms with Crippen LogP contribution in [-0.2, 0) is 4.79 Å². The second kappa shape index (κ2) is 6.78. The van der Waals surface area contributed by atoms with Gasteiger partial charge in [-0.1, -0.05) is 12.1 Å². The summed E-state index contributed by atoms with van der Waals surface area (Å²) in [5.74, 6) is -0.0925. The summed E-state index contributed by atoms with van der Waals surface area (Å²) in [7, 11) is 0. The van der Waals surface area contributed by atoms with Gasteiger partial charge in [0.1, 0.15) is 5.82 Å². The largest absolute Gasteiger partial charge is 0.317 e. The number of piperidine rings is 1. The van der Waals surface area contributed by atoms with E-state index in [2.05, 4.69) is 15.6 Å². The first-order chi connectivity index (χ1) is 11.2. The standard InChI is InChI=1S/C17H18FN3OS.ClH/c18-12-3-1-2-11(8-12)14-10-23-16(20-14)21-15(22)13-9-17(13)4-6-19-7-5-17;/h1-3,8,10,13,19H,4-7,9H2,(H,20,21,22);1H. The molecule has 1 aliphatic carbocycles. The fourth-order valence-electron chi connectivity index (χ4n) is 3.50. The lowest BCUT2D eigenvalue weighted by Crippen LogP contribution is -2.31. The van der Waals surface area contributed by atoms with Crippen molar-refractivity contribution in [3.8, 4) is 11.3 Å². The Morgan fingerprint density at radius 2 is 2.17 bits per heavy atom. The third-order valence-corrected chi connectivity index (χ3v) is 5.72. The number of carbonyl (C=O) groups excluding carboxylic acids is 1. The highest BCUT2D eigenvalue weighted by Crippen LogP contribution is 2.58. The van der Waals surface area contributed by atoms with Crippen molar-refractivity contribution in [1.29, 1.82) is 0 Å². The average molecular weight is 368 g/mol. The number of nitrogens with one attached hydrogen (secondary N) is 2. The molecule has 0 radical (unpaired) electrons. The van der Waals surface area contributed by atoms with E-state index in [4.69, 9.17) is 0 Å². The molecule has 1 unspecified atom stereocenters. The fourth-order valence-corrected chi connectivity index (χ4v) is 4.22.